The molecule has 0 atom stereocenters. The number of rotatable bonds is 3. The van der Waals surface area contributed by atoms with Crippen molar-refractivity contribution < 1.29 is 0 Å². The summed E-state index contributed by atoms with van der Waals surface area (Å²) in [5.41, 5.74) is 4.14. The summed E-state index contributed by atoms with van der Waals surface area (Å²) in [5.74, 6) is 0. The van der Waals surface area contributed by atoms with Crippen LogP contribution in [0.4, 0.5) is 0 Å². The van der Waals surface area contributed by atoms with Gasteiger partial charge < -0.3 is 0 Å². The summed E-state index contributed by atoms with van der Waals surface area (Å²) in [6.07, 6.45) is 1.89. The summed E-state index contributed by atoms with van der Waals surface area (Å²) in [5, 5.41) is 9.09. The summed E-state index contributed by atoms with van der Waals surface area (Å²) < 4.78 is 3.30. The second kappa shape index (κ2) is 5.26. The van der Waals surface area contributed by atoms with Gasteiger partial charge in [-0.2, -0.15) is 10.2 Å². The van der Waals surface area contributed by atoms with Crippen LogP contribution in [-0.4, -0.2) is 19.4 Å². The monoisotopic (exact) mass is 294 g/mol. The van der Waals surface area contributed by atoms with E-state index < -0.39 is 0 Å². The van der Waals surface area contributed by atoms with E-state index in [4.69, 9.17) is 0 Å². The first-order chi connectivity index (χ1) is 10.5. The van der Waals surface area contributed by atoms with Crippen molar-refractivity contribution in [1.29, 1.82) is 0 Å². The predicted octanol–water partition coefficient (Wildman–Crippen LogP) is 3.17. The van der Waals surface area contributed by atoms with Crippen LogP contribution in [0.1, 0.15) is 32.5 Å². The van der Waals surface area contributed by atoms with Crippen molar-refractivity contribution in [2.24, 2.45) is 0 Å². The lowest BCUT2D eigenvalue weighted by Gasteiger charge is -2.10. The zero-order valence-corrected chi connectivity index (χ0v) is 12.9. The molecule has 0 amide bonds. The molecule has 0 unspecified atom stereocenters. The van der Waals surface area contributed by atoms with Crippen molar-refractivity contribution in [3.63, 3.8) is 0 Å². The zero-order valence-electron chi connectivity index (χ0n) is 12.9. The molecular weight excluding hydrogens is 276 g/mol. The summed E-state index contributed by atoms with van der Waals surface area (Å²) >= 11 is 0. The van der Waals surface area contributed by atoms with Crippen LogP contribution in [0.15, 0.2) is 47.9 Å². The van der Waals surface area contributed by atoms with E-state index >= 15 is 0 Å². The second-order valence-corrected chi connectivity index (χ2v) is 5.63. The SMILES string of the molecule is C=C(C)c1nn2ccccc2c1-c1ccc(=O)n(C(C)C)n1. The maximum absolute atomic E-state index is 11.9. The first kappa shape index (κ1) is 14.3. The molecule has 0 radical (unpaired) electrons. The molecule has 0 aliphatic rings. The van der Waals surface area contributed by atoms with Crippen LogP contribution in [0.2, 0.25) is 0 Å². The summed E-state index contributed by atoms with van der Waals surface area (Å²) in [4.78, 5) is 11.9. The van der Waals surface area contributed by atoms with Crippen molar-refractivity contribution >= 4 is 11.1 Å². The van der Waals surface area contributed by atoms with Gasteiger partial charge in [-0.15, -0.1) is 0 Å². The predicted molar refractivity (Wildman–Crippen MR) is 87.8 cm³/mol. The topological polar surface area (TPSA) is 52.2 Å². The van der Waals surface area contributed by atoms with Crippen LogP contribution >= 0.6 is 0 Å². The fraction of sp³-hybridized carbons (Fsp3) is 0.235. The Labute approximate surface area is 128 Å². The van der Waals surface area contributed by atoms with E-state index in [1.165, 1.54) is 4.68 Å². The lowest BCUT2D eigenvalue weighted by molar-refractivity contribution is 0.505. The Bertz CT molecular complexity index is 918. The van der Waals surface area contributed by atoms with E-state index in [-0.39, 0.29) is 11.6 Å². The lowest BCUT2D eigenvalue weighted by atomic mass is 10.1. The molecule has 3 rings (SSSR count). The Morgan fingerprint density at radius 3 is 2.64 bits per heavy atom. The number of allylic oxidation sites excluding steroid dienone is 1. The second-order valence-electron chi connectivity index (χ2n) is 5.63. The van der Waals surface area contributed by atoms with Gasteiger partial charge in [0, 0.05) is 12.3 Å². The van der Waals surface area contributed by atoms with Gasteiger partial charge in [0.05, 0.1) is 28.5 Å². The lowest BCUT2D eigenvalue weighted by Crippen LogP contribution is -2.23. The molecule has 3 aromatic heterocycles. The van der Waals surface area contributed by atoms with Gasteiger partial charge in [0.2, 0.25) is 0 Å². The van der Waals surface area contributed by atoms with E-state index in [1.807, 2.05) is 49.7 Å². The Balaban J connectivity index is 2.34. The van der Waals surface area contributed by atoms with E-state index in [9.17, 15) is 4.79 Å². The maximum Gasteiger partial charge on any atom is 0.267 e. The molecule has 112 valence electrons. The van der Waals surface area contributed by atoms with E-state index in [0.29, 0.717) is 0 Å². The Hall–Kier alpha value is -2.69. The molecule has 0 aliphatic carbocycles. The van der Waals surface area contributed by atoms with Crippen molar-refractivity contribution in [3.05, 3.63) is 59.2 Å². The number of hydrogen-bond acceptors (Lipinski definition) is 3. The highest BCUT2D eigenvalue weighted by molar-refractivity contribution is 5.87. The number of nitrogens with zero attached hydrogens (tertiary/aromatic N) is 4. The standard InChI is InChI=1S/C17H18N4O/c1-11(2)17-16(14-7-5-6-10-20(14)19-17)13-8-9-15(22)21(18-13)12(3)4/h5-10,12H,1H2,2-4H3. The van der Waals surface area contributed by atoms with Crippen LogP contribution in [0.5, 0.6) is 0 Å². The highest BCUT2D eigenvalue weighted by Crippen LogP contribution is 2.30. The fourth-order valence-electron chi connectivity index (χ4n) is 2.48. The summed E-state index contributed by atoms with van der Waals surface area (Å²) in [7, 11) is 0. The van der Waals surface area contributed by atoms with E-state index in [0.717, 1.165) is 28.0 Å². The van der Waals surface area contributed by atoms with Gasteiger partial charge in [0.1, 0.15) is 0 Å². The van der Waals surface area contributed by atoms with Gasteiger partial charge in [-0.25, -0.2) is 9.20 Å². The van der Waals surface area contributed by atoms with Crippen LogP contribution in [-0.2, 0) is 0 Å². The molecule has 5 nitrogen and oxygen atoms in total. The molecule has 0 spiro atoms. The van der Waals surface area contributed by atoms with E-state index in [1.54, 1.807) is 12.1 Å². The number of aromatic nitrogens is 4. The highest BCUT2D eigenvalue weighted by atomic mass is 16.1. The molecule has 0 bridgehead atoms. The average Bonchev–Trinajstić information content (AvgIpc) is 2.87. The normalized spacial score (nSPS) is 11.3. The summed E-state index contributed by atoms with van der Waals surface area (Å²) in [6, 6.07) is 9.17. The van der Waals surface area contributed by atoms with Gasteiger partial charge in [0.25, 0.3) is 5.56 Å². The molecular formula is C17H18N4O. The summed E-state index contributed by atoms with van der Waals surface area (Å²) in [6.45, 7) is 9.81. The molecule has 0 fully saturated rings. The highest BCUT2D eigenvalue weighted by Gasteiger charge is 2.17. The molecule has 3 aromatic rings. The van der Waals surface area contributed by atoms with Gasteiger partial charge >= 0.3 is 0 Å². The molecule has 22 heavy (non-hydrogen) atoms. The number of pyridine rings is 1. The van der Waals surface area contributed by atoms with Crippen molar-refractivity contribution in [1.82, 2.24) is 19.4 Å². The Morgan fingerprint density at radius 2 is 1.95 bits per heavy atom. The third kappa shape index (κ3) is 2.24. The minimum Gasteiger partial charge on any atom is -0.268 e. The quantitative estimate of drug-likeness (QED) is 0.745. The number of fused-ring (bicyclic) bond motifs is 1. The molecule has 0 aromatic carbocycles. The number of hydrogen-bond donors (Lipinski definition) is 0. The molecule has 0 N–H and O–H groups in total. The van der Waals surface area contributed by atoms with Crippen LogP contribution < -0.4 is 5.56 Å². The largest absolute Gasteiger partial charge is 0.268 e. The van der Waals surface area contributed by atoms with Crippen molar-refractivity contribution in [3.8, 4) is 11.3 Å². The average molecular weight is 294 g/mol. The first-order valence-electron chi connectivity index (χ1n) is 7.22. The zero-order chi connectivity index (χ0) is 15.9. The minimum atomic E-state index is -0.105. The molecule has 5 heteroatoms. The van der Waals surface area contributed by atoms with Crippen LogP contribution in [0.3, 0.4) is 0 Å². The Kier molecular flexibility index (Phi) is 3.41. The van der Waals surface area contributed by atoms with Gasteiger partial charge in [-0.05, 0) is 44.5 Å². The van der Waals surface area contributed by atoms with Crippen molar-refractivity contribution in [2.75, 3.05) is 0 Å². The van der Waals surface area contributed by atoms with Crippen LogP contribution in [0.25, 0.3) is 22.3 Å². The van der Waals surface area contributed by atoms with Crippen molar-refractivity contribution in [2.45, 2.75) is 26.8 Å². The first-order valence-corrected chi connectivity index (χ1v) is 7.22. The third-order valence-corrected chi connectivity index (χ3v) is 3.51. The molecule has 3 heterocycles. The Morgan fingerprint density at radius 1 is 1.18 bits per heavy atom. The molecule has 0 saturated carbocycles. The van der Waals surface area contributed by atoms with Gasteiger partial charge in [-0.1, -0.05) is 12.6 Å². The van der Waals surface area contributed by atoms with Gasteiger partial charge in [0.15, 0.2) is 0 Å². The molecule has 0 aliphatic heterocycles. The van der Waals surface area contributed by atoms with Crippen LogP contribution in [0, 0.1) is 0 Å². The van der Waals surface area contributed by atoms with E-state index in [2.05, 4.69) is 16.8 Å². The third-order valence-electron chi connectivity index (χ3n) is 3.51. The minimum absolute atomic E-state index is 0.00238. The smallest absolute Gasteiger partial charge is 0.267 e. The maximum atomic E-state index is 11.9. The van der Waals surface area contributed by atoms with Gasteiger partial charge in [-0.3, -0.25) is 4.79 Å². The fourth-order valence-corrected chi connectivity index (χ4v) is 2.48. The molecule has 0 saturated heterocycles.